The molecule has 0 amide bonds. The van der Waals surface area contributed by atoms with Crippen molar-refractivity contribution in [3.8, 4) is 0 Å². The first-order chi connectivity index (χ1) is 8.21. The van der Waals surface area contributed by atoms with E-state index < -0.39 is 0 Å². The molecule has 1 aromatic carbocycles. The lowest BCUT2D eigenvalue weighted by Crippen LogP contribution is -2.10. The van der Waals surface area contributed by atoms with Gasteiger partial charge in [-0.2, -0.15) is 0 Å². The summed E-state index contributed by atoms with van der Waals surface area (Å²) < 4.78 is 5.49. The number of ether oxygens (including phenoxy) is 1. The number of benzene rings is 1. The standard InChI is InChI=1S/C15H22O2/c1-4-8-15(16)17-14(6-3)13-10-7-9-12(5-2)11-13/h7,9-11,14H,4-6,8H2,1-3H3. The fourth-order valence-electron chi connectivity index (χ4n) is 1.82. The second kappa shape index (κ2) is 7.10. The normalized spacial score (nSPS) is 12.2. The Kier molecular flexibility index (Phi) is 5.75. The van der Waals surface area contributed by atoms with Gasteiger partial charge in [-0.3, -0.25) is 4.79 Å². The van der Waals surface area contributed by atoms with Crippen LogP contribution in [0, 0.1) is 0 Å². The van der Waals surface area contributed by atoms with Gasteiger partial charge in [0.1, 0.15) is 6.10 Å². The van der Waals surface area contributed by atoms with Crippen LogP contribution in [0.2, 0.25) is 0 Å². The number of carbonyl (C=O) groups is 1. The van der Waals surface area contributed by atoms with Crippen LogP contribution in [0.4, 0.5) is 0 Å². The smallest absolute Gasteiger partial charge is 0.306 e. The van der Waals surface area contributed by atoms with E-state index >= 15 is 0 Å². The van der Waals surface area contributed by atoms with E-state index in [1.54, 1.807) is 0 Å². The molecule has 0 bridgehead atoms. The Morgan fingerprint density at radius 3 is 2.65 bits per heavy atom. The predicted octanol–water partition coefficient (Wildman–Crippen LogP) is 4.04. The molecule has 2 heteroatoms. The first-order valence-electron chi connectivity index (χ1n) is 6.49. The molecule has 1 atom stereocenters. The summed E-state index contributed by atoms with van der Waals surface area (Å²) in [7, 11) is 0. The number of hydrogen-bond donors (Lipinski definition) is 0. The lowest BCUT2D eigenvalue weighted by molar-refractivity contribution is -0.149. The molecule has 1 aromatic rings. The van der Waals surface area contributed by atoms with Crippen LogP contribution in [-0.2, 0) is 16.0 Å². The molecule has 0 fully saturated rings. The van der Waals surface area contributed by atoms with Crippen LogP contribution in [-0.4, -0.2) is 5.97 Å². The monoisotopic (exact) mass is 234 g/mol. The lowest BCUT2D eigenvalue weighted by Gasteiger charge is -2.17. The second-order valence-electron chi connectivity index (χ2n) is 4.24. The van der Waals surface area contributed by atoms with Gasteiger partial charge in [-0.1, -0.05) is 45.0 Å². The molecule has 0 heterocycles. The van der Waals surface area contributed by atoms with Gasteiger partial charge in [-0.15, -0.1) is 0 Å². The van der Waals surface area contributed by atoms with E-state index in [1.165, 1.54) is 5.56 Å². The molecule has 0 aliphatic rings. The van der Waals surface area contributed by atoms with Crippen molar-refractivity contribution in [2.24, 2.45) is 0 Å². The quantitative estimate of drug-likeness (QED) is 0.694. The molecule has 0 radical (unpaired) electrons. The molecule has 17 heavy (non-hydrogen) atoms. The molecule has 0 spiro atoms. The summed E-state index contributed by atoms with van der Waals surface area (Å²) in [4.78, 5) is 11.5. The average molecular weight is 234 g/mol. The van der Waals surface area contributed by atoms with E-state index in [0.29, 0.717) is 6.42 Å². The van der Waals surface area contributed by atoms with Crippen LogP contribution in [0.3, 0.4) is 0 Å². The van der Waals surface area contributed by atoms with Gasteiger partial charge >= 0.3 is 5.97 Å². The molecule has 1 rings (SSSR count). The molecule has 0 saturated carbocycles. The van der Waals surface area contributed by atoms with Gasteiger partial charge in [0, 0.05) is 6.42 Å². The maximum absolute atomic E-state index is 11.5. The maximum Gasteiger partial charge on any atom is 0.306 e. The molecule has 0 aromatic heterocycles. The van der Waals surface area contributed by atoms with Crippen molar-refractivity contribution in [2.75, 3.05) is 0 Å². The molecule has 1 unspecified atom stereocenters. The first-order valence-corrected chi connectivity index (χ1v) is 6.49. The highest BCUT2D eigenvalue weighted by Gasteiger charge is 2.14. The van der Waals surface area contributed by atoms with Crippen LogP contribution in [0.5, 0.6) is 0 Å². The number of esters is 1. The predicted molar refractivity (Wildman–Crippen MR) is 69.9 cm³/mol. The Balaban J connectivity index is 2.74. The van der Waals surface area contributed by atoms with Crippen molar-refractivity contribution in [1.82, 2.24) is 0 Å². The third kappa shape index (κ3) is 4.22. The van der Waals surface area contributed by atoms with Crippen LogP contribution in [0.15, 0.2) is 24.3 Å². The van der Waals surface area contributed by atoms with Crippen LogP contribution >= 0.6 is 0 Å². The summed E-state index contributed by atoms with van der Waals surface area (Å²) >= 11 is 0. The minimum atomic E-state index is -0.0967. The Morgan fingerprint density at radius 2 is 2.06 bits per heavy atom. The summed E-state index contributed by atoms with van der Waals surface area (Å²) in [5.74, 6) is -0.0961. The number of aryl methyl sites for hydroxylation is 1. The van der Waals surface area contributed by atoms with Gasteiger partial charge in [-0.05, 0) is 30.4 Å². The average Bonchev–Trinajstić information content (AvgIpc) is 2.36. The zero-order chi connectivity index (χ0) is 12.7. The number of hydrogen-bond acceptors (Lipinski definition) is 2. The second-order valence-corrected chi connectivity index (χ2v) is 4.24. The molecular weight excluding hydrogens is 212 g/mol. The van der Waals surface area contributed by atoms with Crippen molar-refractivity contribution in [2.45, 2.75) is 52.6 Å². The van der Waals surface area contributed by atoms with Crippen molar-refractivity contribution in [3.05, 3.63) is 35.4 Å². The summed E-state index contributed by atoms with van der Waals surface area (Å²) in [6, 6.07) is 8.30. The number of carbonyl (C=O) groups excluding carboxylic acids is 1. The van der Waals surface area contributed by atoms with Gasteiger partial charge in [0.2, 0.25) is 0 Å². The topological polar surface area (TPSA) is 26.3 Å². The van der Waals surface area contributed by atoms with E-state index in [2.05, 4.69) is 19.1 Å². The SMILES string of the molecule is CCCC(=O)OC(CC)c1cccc(CC)c1. The third-order valence-corrected chi connectivity index (χ3v) is 2.83. The molecule has 94 valence electrons. The third-order valence-electron chi connectivity index (χ3n) is 2.83. The van der Waals surface area contributed by atoms with Crippen LogP contribution in [0.1, 0.15) is 57.3 Å². The highest BCUT2D eigenvalue weighted by molar-refractivity contribution is 5.69. The summed E-state index contributed by atoms with van der Waals surface area (Å²) in [5, 5.41) is 0. The minimum Gasteiger partial charge on any atom is -0.457 e. The summed E-state index contributed by atoms with van der Waals surface area (Å²) in [6.07, 6.45) is 3.07. The van der Waals surface area contributed by atoms with Gasteiger partial charge in [0.05, 0.1) is 0 Å². The van der Waals surface area contributed by atoms with Gasteiger partial charge in [-0.25, -0.2) is 0 Å². The van der Waals surface area contributed by atoms with Crippen molar-refractivity contribution in [1.29, 1.82) is 0 Å². The fourth-order valence-corrected chi connectivity index (χ4v) is 1.82. The van der Waals surface area contributed by atoms with Gasteiger partial charge in [0.25, 0.3) is 0 Å². The molecule has 0 aliphatic heterocycles. The molecule has 0 N–H and O–H groups in total. The lowest BCUT2D eigenvalue weighted by atomic mass is 10.0. The van der Waals surface area contributed by atoms with E-state index in [0.717, 1.165) is 24.8 Å². The summed E-state index contributed by atoms with van der Waals surface area (Å²) in [5.41, 5.74) is 2.39. The van der Waals surface area contributed by atoms with E-state index in [4.69, 9.17) is 4.74 Å². The Morgan fingerprint density at radius 1 is 1.29 bits per heavy atom. The molecule has 0 aliphatic carbocycles. The largest absolute Gasteiger partial charge is 0.457 e. The highest BCUT2D eigenvalue weighted by atomic mass is 16.5. The number of rotatable bonds is 6. The Bertz CT molecular complexity index is 358. The minimum absolute atomic E-state index is 0.0961. The highest BCUT2D eigenvalue weighted by Crippen LogP contribution is 2.22. The van der Waals surface area contributed by atoms with Crippen LogP contribution in [0.25, 0.3) is 0 Å². The zero-order valence-corrected chi connectivity index (χ0v) is 11.0. The molecular formula is C15H22O2. The maximum atomic E-state index is 11.5. The van der Waals surface area contributed by atoms with E-state index in [-0.39, 0.29) is 12.1 Å². The fraction of sp³-hybridized carbons (Fsp3) is 0.533. The first kappa shape index (κ1) is 13.8. The molecule has 0 saturated heterocycles. The van der Waals surface area contributed by atoms with Gasteiger partial charge in [0.15, 0.2) is 0 Å². The van der Waals surface area contributed by atoms with E-state index in [9.17, 15) is 4.79 Å². The van der Waals surface area contributed by atoms with Crippen molar-refractivity contribution < 1.29 is 9.53 Å². The molecule has 2 nitrogen and oxygen atoms in total. The Hall–Kier alpha value is -1.31. The Labute approximate surface area is 104 Å². The zero-order valence-electron chi connectivity index (χ0n) is 11.0. The van der Waals surface area contributed by atoms with Crippen molar-refractivity contribution >= 4 is 5.97 Å². The van der Waals surface area contributed by atoms with E-state index in [1.807, 2.05) is 26.0 Å². The summed E-state index contributed by atoms with van der Waals surface area (Å²) in [6.45, 7) is 6.16. The van der Waals surface area contributed by atoms with Crippen molar-refractivity contribution in [3.63, 3.8) is 0 Å². The van der Waals surface area contributed by atoms with Gasteiger partial charge < -0.3 is 4.74 Å². The van der Waals surface area contributed by atoms with Crippen LogP contribution < -0.4 is 0 Å².